The van der Waals surface area contributed by atoms with Gasteiger partial charge in [-0.1, -0.05) is 12.8 Å². The normalized spacial score (nSPS) is 18.1. The van der Waals surface area contributed by atoms with Gasteiger partial charge in [0.05, 0.1) is 6.61 Å². The fraction of sp³-hybridized carbons (Fsp3) is 0.833. The molecule has 0 spiro atoms. The van der Waals surface area contributed by atoms with Crippen molar-refractivity contribution >= 4 is 23.0 Å². The van der Waals surface area contributed by atoms with Crippen molar-refractivity contribution in [3.05, 3.63) is 0 Å². The van der Waals surface area contributed by atoms with Gasteiger partial charge in [-0.05, 0) is 44.8 Å². The average molecular weight is 257 g/mol. The van der Waals surface area contributed by atoms with Gasteiger partial charge in [-0.3, -0.25) is 5.43 Å². The van der Waals surface area contributed by atoms with Gasteiger partial charge < -0.3 is 10.1 Å². The van der Waals surface area contributed by atoms with E-state index in [4.69, 9.17) is 17.0 Å². The summed E-state index contributed by atoms with van der Waals surface area (Å²) in [5.41, 5.74) is 4.16. The predicted octanol–water partition coefficient (Wildman–Crippen LogP) is 2.20. The highest BCUT2D eigenvalue weighted by atomic mass is 32.1. The van der Waals surface area contributed by atoms with Crippen LogP contribution >= 0.6 is 12.2 Å². The SMILES string of the molecule is COC[C@H](C)NC(=S)NN=C1CCCCCC1. The van der Waals surface area contributed by atoms with Crippen molar-refractivity contribution in [2.45, 2.75) is 51.5 Å². The Morgan fingerprint density at radius 2 is 2.00 bits per heavy atom. The first-order chi connectivity index (χ1) is 8.22. The number of thiocarbonyl (C=S) groups is 1. The molecule has 1 aliphatic carbocycles. The van der Waals surface area contributed by atoms with Crippen LogP contribution in [-0.4, -0.2) is 30.6 Å². The monoisotopic (exact) mass is 257 g/mol. The Kier molecular flexibility index (Phi) is 7.12. The van der Waals surface area contributed by atoms with Gasteiger partial charge in [0, 0.05) is 18.9 Å². The lowest BCUT2D eigenvalue weighted by atomic mass is 10.2. The van der Waals surface area contributed by atoms with Gasteiger partial charge in [0.15, 0.2) is 5.11 Å². The third-order valence-electron chi connectivity index (χ3n) is 2.79. The highest BCUT2D eigenvalue weighted by Gasteiger charge is 2.06. The molecule has 2 N–H and O–H groups in total. The molecule has 0 aromatic heterocycles. The first-order valence-corrected chi connectivity index (χ1v) is 6.74. The Labute approximate surface area is 109 Å². The van der Waals surface area contributed by atoms with Crippen molar-refractivity contribution in [2.24, 2.45) is 5.10 Å². The summed E-state index contributed by atoms with van der Waals surface area (Å²) in [6.07, 6.45) is 7.35. The maximum atomic E-state index is 5.16. The van der Waals surface area contributed by atoms with Crippen LogP contribution in [0.5, 0.6) is 0 Å². The lowest BCUT2D eigenvalue weighted by Gasteiger charge is -2.14. The minimum absolute atomic E-state index is 0.203. The van der Waals surface area contributed by atoms with Crippen molar-refractivity contribution in [2.75, 3.05) is 13.7 Å². The summed E-state index contributed by atoms with van der Waals surface area (Å²) in [4.78, 5) is 0. The summed E-state index contributed by atoms with van der Waals surface area (Å²) in [5.74, 6) is 0. The highest BCUT2D eigenvalue weighted by Crippen LogP contribution is 2.14. The molecule has 1 aliphatic rings. The van der Waals surface area contributed by atoms with E-state index < -0.39 is 0 Å². The number of ether oxygens (including phenoxy) is 1. The van der Waals surface area contributed by atoms with E-state index in [0.29, 0.717) is 11.7 Å². The number of nitrogens with one attached hydrogen (secondary N) is 2. The van der Waals surface area contributed by atoms with Crippen LogP contribution in [0, 0.1) is 0 Å². The number of nitrogens with zero attached hydrogens (tertiary/aromatic N) is 1. The van der Waals surface area contributed by atoms with E-state index in [1.807, 2.05) is 6.92 Å². The summed E-state index contributed by atoms with van der Waals surface area (Å²) < 4.78 is 5.03. The summed E-state index contributed by atoms with van der Waals surface area (Å²) >= 11 is 5.16. The van der Waals surface area contributed by atoms with Crippen LogP contribution < -0.4 is 10.7 Å². The highest BCUT2D eigenvalue weighted by molar-refractivity contribution is 7.80. The first-order valence-electron chi connectivity index (χ1n) is 6.33. The number of hydrogen-bond donors (Lipinski definition) is 2. The number of methoxy groups -OCH3 is 1. The minimum Gasteiger partial charge on any atom is -0.383 e. The standard InChI is InChI=1S/C12H23N3OS/c1-10(9-16-2)13-12(17)15-14-11-7-5-3-4-6-8-11/h10H,3-9H2,1-2H3,(H2,13,15,17)/t10-/m0/s1. The molecule has 0 aliphatic heterocycles. The van der Waals surface area contributed by atoms with Gasteiger partial charge in [0.2, 0.25) is 0 Å². The van der Waals surface area contributed by atoms with Gasteiger partial charge >= 0.3 is 0 Å². The summed E-state index contributed by atoms with van der Waals surface area (Å²) in [7, 11) is 1.68. The molecule has 1 rings (SSSR count). The molecule has 0 amide bonds. The van der Waals surface area contributed by atoms with E-state index in [-0.39, 0.29) is 6.04 Å². The molecule has 1 atom stereocenters. The van der Waals surface area contributed by atoms with Gasteiger partial charge in [-0.15, -0.1) is 0 Å². The molecule has 0 aromatic rings. The zero-order chi connectivity index (χ0) is 12.5. The molecule has 0 unspecified atom stereocenters. The molecule has 1 fully saturated rings. The van der Waals surface area contributed by atoms with Crippen LogP contribution in [0.25, 0.3) is 0 Å². The molecule has 0 radical (unpaired) electrons. The fourth-order valence-corrected chi connectivity index (χ4v) is 2.17. The van der Waals surface area contributed by atoms with Crippen LogP contribution in [0.2, 0.25) is 0 Å². The lowest BCUT2D eigenvalue weighted by molar-refractivity contribution is 0.179. The zero-order valence-corrected chi connectivity index (χ0v) is 11.6. The molecule has 0 heterocycles. The van der Waals surface area contributed by atoms with E-state index in [9.17, 15) is 0 Å². The molecule has 0 bridgehead atoms. The van der Waals surface area contributed by atoms with Crippen LogP contribution in [0.4, 0.5) is 0 Å². The Balaban J connectivity index is 2.27. The lowest BCUT2D eigenvalue weighted by Crippen LogP contribution is -2.40. The second kappa shape index (κ2) is 8.42. The molecular formula is C12H23N3OS. The van der Waals surface area contributed by atoms with E-state index in [1.165, 1.54) is 31.4 Å². The predicted molar refractivity (Wildman–Crippen MR) is 75.3 cm³/mol. The van der Waals surface area contributed by atoms with Crippen LogP contribution in [0.15, 0.2) is 5.10 Å². The van der Waals surface area contributed by atoms with Crippen molar-refractivity contribution in [1.82, 2.24) is 10.7 Å². The molecule has 1 saturated carbocycles. The maximum Gasteiger partial charge on any atom is 0.187 e. The van der Waals surface area contributed by atoms with Crippen molar-refractivity contribution < 1.29 is 4.74 Å². The van der Waals surface area contributed by atoms with Crippen molar-refractivity contribution in [3.8, 4) is 0 Å². The van der Waals surface area contributed by atoms with E-state index in [2.05, 4.69) is 15.8 Å². The zero-order valence-electron chi connectivity index (χ0n) is 10.8. The van der Waals surface area contributed by atoms with Crippen molar-refractivity contribution in [3.63, 3.8) is 0 Å². The fourth-order valence-electron chi connectivity index (χ4n) is 1.93. The third kappa shape index (κ3) is 6.58. The second-order valence-corrected chi connectivity index (χ2v) is 4.94. The summed E-state index contributed by atoms with van der Waals surface area (Å²) in [6, 6.07) is 0.203. The molecule has 4 nitrogen and oxygen atoms in total. The smallest absolute Gasteiger partial charge is 0.187 e. The van der Waals surface area contributed by atoms with Crippen LogP contribution in [0.3, 0.4) is 0 Å². The van der Waals surface area contributed by atoms with Crippen molar-refractivity contribution in [1.29, 1.82) is 0 Å². The molecule has 5 heteroatoms. The quantitative estimate of drug-likeness (QED) is 0.460. The summed E-state index contributed by atoms with van der Waals surface area (Å²) in [5, 5.41) is 8.08. The minimum atomic E-state index is 0.203. The Morgan fingerprint density at radius 3 is 2.59 bits per heavy atom. The Bertz CT molecular complexity index is 258. The Morgan fingerprint density at radius 1 is 1.35 bits per heavy atom. The molecule has 98 valence electrons. The van der Waals surface area contributed by atoms with Crippen LogP contribution in [-0.2, 0) is 4.74 Å². The van der Waals surface area contributed by atoms with Gasteiger partial charge in [-0.25, -0.2) is 0 Å². The molecule has 0 saturated heterocycles. The van der Waals surface area contributed by atoms with Gasteiger partial charge in [0.25, 0.3) is 0 Å². The third-order valence-corrected chi connectivity index (χ3v) is 3.00. The molecular weight excluding hydrogens is 234 g/mol. The molecule has 17 heavy (non-hydrogen) atoms. The van der Waals surface area contributed by atoms with Gasteiger partial charge in [-0.2, -0.15) is 5.10 Å². The van der Waals surface area contributed by atoms with Crippen LogP contribution in [0.1, 0.15) is 45.4 Å². The Hall–Kier alpha value is -0.680. The summed E-state index contributed by atoms with van der Waals surface area (Å²) in [6.45, 7) is 2.66. The average Bonchev–Trinajstić information content (AvgIpc) is 2.55. The van der Waals surface area contributed by atoms with E-state index >= 15 is 0 Å². The number of rotatable bonds is 4. The number of hydrogen-bond acceptors (Lipinski definition) is 3. The maximum absolute atomic E-state index is 5.16. The van der Waals surface area contributed by atoms with Gasteiger partial charge in [0.1, 0.15) is 0 Å². The second-order valence-electron chi connectivity index (χ2n) is 4.53. The largest absolute Gasteiger partial charge is 0.383 e. The van der Waals surface area contributed by atoms with E-state index in [1.54, 1.807) is 7.11 Å². The molecule has 0 aromatic carbocycles. The number of hydrazone groups is 1. The van der Waals surface area contributed by atoms with E-state index in [0.717, 1.165) is 12.8 Å². The topological polar surface area (TPSA) is 45.6 Å². The first kappa shape index (κ1) is 14.4.